The SMILES string of the molecule is COc1cccc(N2C(=O)[C@H](CC(=O)Nc3ccccc3)N(CCC3=CCCCC3)C2=O)c1. The summed E-state index contributed by atoms with van der Waals surface area (Å²) < 4.78 is 5.26. The van der Waals surface area contributed by atoms with Gasteiger partial charge in [0, 0.05) is 18.3 Å². The number of hydrogen-bond acceptors (Lipinski definition) is 4. The molecule has 2 aromatic rings. The molecule has 1 atom stereocenters. The number of hydrogen-bond donors (Lipinski definition) is 1. The number of carbonyl (C=O) groups excluding carboxylic acids is 3. The maximum Gasteiger partial charge on any atom is 0.332 e. The summed E-state index contributed by atoms with van der Waals surface area (Å²) in [7, 11) is 1.54. The Bertz CT molecular complexity index is 1050. The molecule has 1 aliphatic carbocycles. The first-order valence-electron chi connectivity index (χ1n) is 11.4. The predicted molar refractivity (Wildman–Crippen MR) is 127 cm³/mol. The first-order chi connectivity index (χ1) is 16.1. The Labute approximate surface area is 194 Å². The number of nitrogens with zero attached hydrogens (tertiary/aromatic N) is 2. The zero-order valence-corrected chi connectivity index (χ0v) is 18.8. The van der Waals surface area contributed by atoms with Crippen LogP contribution in [0.1, 0.15) is 38.5 Å². The quantitative estimate of drug-likeness (QED) is 0.468. The fourth-order valence-corrected chi connectivity index (χ4v) is 4.38. The normalized spacial score (nSPS) is 18.3. The third kappa shape index (κ3) is 5.25. The number of anilines is 2. The van der Waals surface area contributed by atoms with Crippen LogP contribution in [0.2, 0.25) is 0 Å². The molecule has 0 bridgehead atoms. The summed E-state index contributed by atoms with van der Waals surface area (Å²) >= 11 is 0. The number of nitrogens with one attached hydrogen (secondary N) is 1. The summed E-state index contributed by atoms with van der Waals surface area (Å²) in [6, 6.07) is 14.7. The molecule has 1 aliphatic heterocycles. The molecule has 0 spiro atoms. The Balaban J connectivity index is 1.55. The van der Waals surface area contributed by atoms with Crippen molar-refractivity contribution in [3.63, 3.8) is 0 Å². The van der Waals surface area contributed by atoms with E-state index in [1.807, 2.05) is 18.2 Å². The van der Waals surface area contributed by atoms with Gasteiger partial charge in [-0.3, -0.25) is 9.59 Å². The van der Waals surface area contributed by atoms with Crippen molar-refractivity contribution >= 4 is 29.2 Å². The van der Waals surface area contributed by atoms with Gasteiger partial charge >= 0.3 is 6.03 Å². The lowest BCUT2D eigenvalue weighted by atomic mass is 9.97. The molecule has 1 saturated heterocycles. The number of urea groups is 1. The fraction of sp³-hybridized carbons (Fsp3) is 0.346. The molecule has 2 aromatic carbocycles. The smallest absolute Gasteiger partial charge is 0.332 e. The highest BCUT2D eigenvalue weighted by Crippen LogP contribution is 2.30. The number of benzene rings is 2. The van der Waals surface area contributed by atoms with E-state index in [4.69, 9.17) is 4.74 Å². The van der Waals surface area contributed by atoms with E-state index in [0.29, 0.717) is 30.1 Å². The largest absolute Gasteiger partial charge is 0.497 e. The number of para-hydroxylation sites is 1. The maximum absolute atomic E-state index is 13.4. The molecule has 7 heteroatoms. The zero-order valence-electron chi connectivity index (χ0n) is 18.8. The van der Waals surface area contributed by atoms with Crippen LogP contribution < -0.4 is 15.0 Å². The Morgan fingerprint density at radius 3 is 2.64 bits per heavy atom. The van der Waals surface area contributed by atoms with Crippen molar-refractivity contribution in [1.29, 1.82) is 0 Å². The Kier molecular flexibility index (Phi) is 7.07. The van der Waals surface area contributed by atoms with Gasteiger partial charge in [0.05, 0.1) is 19.2 Å². The first kappa shape index (κ1) is 22.6. The summed E-state index contributed by atoms with van der Waals surface area (Å²) in [5, 5.41) is 2.82. The number of methoxy groups -OCH3 is 1. The van der Waals surface area contributed by atoms with Crippen LogP contribution in [-0.4, -0.2) is 42.4 Å². The van der Waals surface area contributed by atoms with Crippen molar-refractivity contribution in [3.05, 3.63) is 66.2 Å². The monoisotopic (exact) mass is 447 g/mol. The average molecular weight is 448 g/mol. The second-order valence-corrected chi connectivity index (χ2v) is 8.34. The van der Waals surface area contributed by atoms with Gasteiger partial charge in [-0.25, -0.2) is 9.69 Å². The topological polar surface area (TPSA) is 79.0 Å². The van der Waals surface area contributed by atoms with E-state index < -0.39 is 18.0 Å². The van der Waals surface area contributed by atoms with Crippen molar-refractivity contribution < 1.29 is 19.1 Å². The Morgan fingerprint density at radius 2 is 1.91 bits per heavy atom. The van der Waals surface area contributed by atoms with Crippen LogP contribution in [0.25, 0.3) is 0 Å². The highest BCUT2D eigenvalue weighted by atomic mass is 16.5. The first-order valence-corrected chi connectivity index (χ1v) is 11.4. The fourth-order valence-electron chi connectivity index (χ4n) is 4.38. The lowest BCUT2D eigenvalue weighted by Gasteiger charge is -2.23. The van der Waals surface area contributed by atoms with E-state index in [1.165, 1.54) is 19.1 Å². The number of allylic oxidation sites excluding steroid dienone is 1. The van der Waals surface area contributed by atoms with E-state index >= 15 is 0 Å². The summed E-state index contributed by atoms with van der Waals surface area (Å²) in [4.78, 5) is 42.2. The van der Waals surface area contributed by atoms with Crippen LogP contribution in [-0.2, 0) is 9.59 Å². The molecule has 1 N–H and O–H groups in total. The summed E-state index contributed by atoms with van der Waals surface area (Å²) in [5.74, 6) is -0.145. The van der Waals surface area contributed by atoms with Crippen LogP contribution in [0.4, 0.5) is 16.2 Å². The molecule has 1 fully saturated rings. The molecule has 4 rings (SSSR count). The minimum atomic E-state index is -0.850. The Hall–Kier alpha value is -3.61. The molecule has 0 unspecified atom stereocenters. The van der Waals surface area contributed by atoms with Crippen LogP contribution in [0, 0.1) is 0 Å². The number of imide groups is 1. The number of rotatable bonds is 8. The van der Waals surface area contributed by atoms with Gasteiger partial charge in [0.2, 0.25) is 5.91 Å². The molecule has 172 valence electrons. The molecule has 0 aromatic heterocycles. The molecule has 0 radical (unpaired) electrons. The lowest BCUT2D eigenvalue weighted by molar-refractivity contribution is -0.124. The molecule has 7 nitrogen and oxygen atoms in total. The number of carbonyl (C=O) groups is 3. The van der Waals surface area contributed by atoms with Crippen LogP contribution >= 0.6 is 0 Å². The summed E-state index contributed by atoms with van der Waals surface area (Å²) in [6.07, 6.45) is 7.27. The molecule has 0 saturated carbocycles. The van der Waals surface area contributed by atoms with E-state index in [0.717, 1.165) is 24.2 Å². The highest BCUT2D eigenvalue weighted by Gasteiger charge is 2.46. The number of ether oxygens (including phenoxy) is 1. The highest BCUT2D eigenvalue weighted by molar-refractivity contribution is 6.22. The average Bonchev–Trinajstić information content (AvgIpc) is 3.07. The minimum Gasteiger partial charge on any atom is -0.497 e. The van der Waals surface area contributed by atoms with Gasteiger partial charge in [-0.05, 0) is 56.4 Å². The molecule has 4 amide bonds. The van der Waals surface area contributed by atoms with Gasteiger partial charge in [0.15, 0.2) is 0 Å². The van der Waals surface area contributed by atoms with Gasteiger partial charge in [-0.1, -0.05) is 35.9 Å². The van der Waals surface area contributed by atoms with Gasteiger partial charge in [0.1, 0.15) is 11.8 Å². The van der Waals surface area contributed by atoms with E-state index in [9.17, 15) is 14.4 Å². The van der Waals surface area contributed by atoms with E-state index in [2.05, 4.69) is 11.4 Å². The zero-order chi connectivity index (χ0) is 23.2. The summed E-state index contributed by atoms with van der Waals surface area (Å²) in [5.41, 5.74) is 2.41. The molecule has 2 aliphatic rings. The van der Waals surface area contributed by atoms with E-state index in [1.54, 1.807) is 41.3 Å². The van der Waals surface area contributed by atoms with Crippen molar-refractivity contribution in [2.75, 3.05) is 23.9 Å². The van der Waals surface area contributed by atoms with Gasteiger partial charge < -0.3 is 15.0 Å². The second-order valence-electron chi connectivity index (χ2n) is 8.34. The van der Waals surface area contributed by atoms with Crippen molar-refractivity contribution in [2.24, 2.45) is 0 Å². The summed E-state index contributed by atoms with van der Waals surface area (Å²) in [6.45, 7) is 0.403. The van der Waals surface area contributed by atoms with Gasteiger partial charge in [-0.2, -0.15) is 0 Å². The third-order valence-electron chi connectivity index (χ3n) is 6.13. The maximum atomic E-state index is 13.4. The van der Waals surface area contributed by atoms with Crippen molar-refractivity contribution in [3.8, 4) is 5.75 Å². The third-order valence-corrected chi connectivity index (χ3v) is 6.13. The number of amides is 4. The predicted octanol–water partition coefficient (Wildman–Crippen LogP) is 4.75. The Morgan fingerprint density at radius 1 is 1.09 bits per heavy atom. The van der Waals surface area contributed by atoms with Crippen molar-refractivity contribution in [1.82, 2.24) is 4.90 Å². The molecular weight excluding hydrogens is 418 g/mol. The van der Waals surface area contributed by atoms with Gasteiger partial charge in [-0.15, -0.1) is 0 Å². The van der Waals surface area contributed by atoms with Gasteiger partial charge in [0.25, 0.3) is 5.91 Å². The lowest BCUT2D eigenvalue weighted by Crippen LogP contribution is -2.38. The standard InChI is InChI=1S/C26H29N3O4/c1-33-22-14-8-13-21(17-22)29-25(31)23(18-24(30)27-20-11-6-3-7-12-20)28(26(29)32)16-15-19-9-4-2-5-10-19/h3,6-9,11-14,17,23H,2,4-5,10,15-16,18H2,1H3,(H,27,30)/t23-/m0/s1. The molecular formula is C26H29N3O4. The van der Waals surface area contributed by atoms with Crippen LogP contribution in [0.5, 0.6) is 5.75 Å². The second kappa shape index (κ2) is 10.3. The molecule has 33 heavy (non-hydrogen) atoms. The van der Waals surface area contributed by atoms with Crippen LogP contribution in [0.3, 0.4) is 0 Å². The minimum absolute atomic E-state index is 0.0982. The van der Waals surface area contributed by atoms with Crippen molar-refractivity contribution in [2.45, 2.75) is 44.6 Å². The molecule has 1 heterocycles. The van der Waals surface area contributed by atoms with E-state index in [-0.39, 0.29) is 12.3 Å². The van der Waals surface area contributed by atoms with Crippen LogP contribution in [0.15, 0.2) is 66.2 Å².